The van der Waals surface area contributed by atoms with Crippen LogP contribution in [0.2, 0.25) is 0 Å². The summed E-state index contributed by atoms with van der Waals surface area (Å²) in [6.45, 7) is -1.80. The summed E-state index contributed by atoms with van der Waals surface area (Å²) in [5.41, 5.74) is 0. The van der Waals surface area contributed by atoms with Crippen molar-refractivity contribution in [1.29, 1.82) is 0 Å². The molecule has 0 radical (unpaired) electrons. The van der Waals surface area contributed by atoms with Crippen LogP contribution in [0.3, 0.4) is 0 Å². The van der Waals surface area contributed by atoms with Gasteiger partial charge in [-0.25, -0.2) is 0 Å². The smallest absolute Gasteiger partial charge is 0.317 e. The molecule has 3 N–H and O–H groups in total. The van der Waals surface area contributed by atoms with Crippen LogP contribution in [0, 0.1) is 0 Å². The van der Waals surface area contributed by atoms with Crippen LogP contribution in [0.15, 0.2) is 0 Å². The van der Waals surface area contributed by atoms with Crippen molar-refractivity contribution in [3.63, 3.8) is 0 Å². The SMILES string of the molecule is O=C(O)CN(CC(=O)O)CC(=O)O.[Zr]. The minimum absolute atomic E-state index is 0. The molecule has 0 bridgehead atoms. The van der Waals surface area contributed by atoms with Gasteiger partial charge in [-0.05, 0) is 0 Å². The summed E-state index contributed by atoms with van der Waals surface area (Å²) < 4.78 is 0. The van der Waals surface area contributed by atoms with Crippen LogP contribution in [0.1, 0.15) is 0 Å². The Hall–Kier alpha value is -0.747. The Morgan fingerprint density at radius 3 is 1.14 bits per heavy atom. The first kappa shape index (κ1) is 15.7. The van der Waals surface area contributed by atoms with Crippen LogP contribution < -0.4 is 0 Å². The van der Waals surface area contributed by atoms with Gasteiger partial charge in [0, 0.05) is 26.2 Å². The number of carboxylic acid groups (broad SMARTS) is 3. The first-order chi connectivity index (χ1) is 5.91. The Labute approximate surface area is 98.4 Å². The molecule has 0 aromatic rings. The zero-order valence-electron chi connectivity index (χ0n) is 7.13. The van der Waals surface area contributed by atoms with E-state index in [4.69, 9.17) is 15.3 Å². The van der Waals surface area contributed by atoms with Gasteiger partial charge in [0.1, 0.15) is 0 Å². The quantitative estimate of drug-likeness (QED) is 0.545. The number of carboxylic acids is 3. The molecule has 0 rings (SSSR count). The molecule has 8 heteroatoms. The topological polar surface area (TPSA) is 115 Å². The third-order valence-electron chi connectivity index (χ3n) is 1.08. The van der Waals surface area contributed by atoms with E-state index in [0.29, 0.717) is 0 Å². The van der Waals surface area contributed by atoms with Crippen molar-refractivity contribution in [3.8, 4) is 0 Å². The molecule has 0 fully saturated rings. The van der Waals surface area contributed by atoms with Crippen LogP contribution in [0.4, 0.5) is 0 Å². The third kappa shape index (κ3) is 9.34. The predicted octanol–water partition coefficient (Wildman–Crippen LogP) is -1.46. The fourth-order valence-corrected chi connectivity index (χ4v) is 0.742. The zero-order chi connectivity index (χ0) is 10.4. The average Bonchev–Trinajstić information content (AvgIpc) is 1.80. The zero-order valence-corrected chi connectivity index (χ0v) is 9.59. The molecule has 0 aliphatic rings. The minimum Gasteiger partial charge on any atom is -0.480 e. The second-order valence-corrected chi connectivity index (χ2v) is 2.33. The Morgan fingerprint density at radius 1 is 0.786 bits per heavy atom. The van der Waals surface area contributed by atoms with Gasteiger partial charge < -0.3 is 15.3 Å². The van der Waals surface area contributed by atoms with Crippen molar-refractivity contribution in [2.45, 2.75) is 0 Å². The molecule has 0 aliphatic carbocycles. The van der Waals surface area contributed by atoms with E-state index in [1.165, 1.54) is 0 Å². The maximum Gasteiger partial charge on any atom is 0.317 e. The summed E-state index contributed by atoms with van der Waals surface area (Å²) in [4.78, 5) is 31.2. The third-order valence-corrected chi connectivity index (χ3v) is 1.08. The Balaban J connectivity index is 0. The molecule has 0 spiro atoms. The Morgan fingerprint density at radius 2 is 1.00 bits per heavy atom. The Bertz CT molecular complexity index is 192. The molecule has 0 aromatic carbocycles. The number of rotatable bonds is 6. The van der Waals surface area contributed by atoms with Crippen LogP contribution in [-0.2, 0) is 40.6 Å². The van der Waals surface area contributed by atoms with E-state index in [2.05, 4.69) is 0 Å². The van der Waals surface area contributed by atoms with Crippen molar-refractivity contribution < 1.29 is 55.9 Å². The standard InChI is InChI=1S/C6H9NO6.Zr/c8-4(9)1-7(2-5(10)11)3-6(12)13;/h1-3H2,(H,8,9)(H,10,11)(H,12,13);. The van der Waals surface area contributed by atoms with Crippen LogP contribution in [0.25, 0.3) is 0 Å². The number of aliphatic carboxylic acids is 3. The fourth-order valence-electron chi connectivity index (χ4n) is 0.742. The van der Waals surface area contributed by atoms with E-state index in [1.54, 1.807) is 0 Å². The minimum atomic E-state index is -1.26. The second kappa shape index (κ2) is 7.64. The Kier molecular flexibility index (Phi) is 8.57. The molecule has 0 aromatic heterocycles. The fraction of sp³-hybridized carbons (Fsp3) is 0.500. The summed E-state index contributed by atoms with van der Waals surface area (Å²) in [5.74, 6) is -3.78. The van der Waals surface area contributed by atoms with Crippen molar-refractivity contribution in [3.05, 3.63) is 0 Å². The molecular weight excluding hydrogens is 273 g/mol. The summed E-state index contributed by atoms with van der Waals surface area (Å²) in [6.07, 6.45) is 0. The van der Waals surface area contributed by atoms with Crippen molar-refractivity contribution in [2.75, 3.05) is 19.6 Å². The van der Waals surface area contributed by atoms with Gasteiger partial charge in [0.15, 0.2) is 0 Å². The molecular formula is C6H9NO6Zr. The molecule has 0 saturated heterocycles. The van der Waals surface area contributed by atoms with E-state index in [-0.39, 0.29) is 26.2 Å². The molecule has 14 heavy (non-hydrogen) atoms. The summed E-state index contributed by atoms with van der Waals surface area (Å²) >= 11 is 0. The molecule has 7 nitrogen and oxygen atoms in total. The molecule has 78 valence electrons. The predicted molar refractivity (Wildman–Crippen MR) is 39.3 cm³/mol. The monoisotopic (exact) mass is 281 g/mol. The van der Waals surface area contributed by atoms with Crippen molar-refractivity contribution in [1.82, 2.24) is 4.90 Å². The maximum atomic E-state index is 10.1. The molecule has 0 aliphatic heterocycles. The number of carbonyl (C=O) groups is 3. The largest absolute Gasteiger partial charge is 0.480 e. The van der Waals surface area contributed by atoms with Crippen LogP contribution in [0.5, 0.6) is 0 Å². The van der Waals surface area contributed by atoms with Crippen molar-refractivity contribution in [2.24, 2.45) is 0 Å². The van der Waals surface area contributed by atoms with E-state index in [0.717, 1.165) is 4.90 Å². The van der Waals surface area contributed by atoms with Gasteiger partial charge in [0.2, 0.25) is 0 Å². The van der Waals surface area contributed by atoms with E-state index >= 15 is 0 Å². The normalized spacial score (nSPS) is 9.21. The van der Waals surface area contributed by atoms with Crippen LogP contribution >= 0.6 is 0 Å². The molecule has 0 amide bonds. The van der Waals surface area contributed by atoms with Crippen molar-refractivity contribution >= 4 is 17.9 Å². The number of hydrogen-bond acceptors (Lipinski definition) is 4. The van der Waals surface area contributed by atoms with E-state index in [1.807, 2.05) is 0 Å². The van der Waals surface area contributed by atoms with Gasteiger partial charge in [-0.3, -0.25) is 19.3 Å². The van der Waals surface area contributed by atoms with Gasteiger partial charge in [-0.15, -0.1) is 0 Å². The average molecular weight is 282 g/mol. The summed E-state index contributed by atoms with van der Waals surface area (Å²) in [5, 5.41) is 24.8. The van der Waals surface area contributed by atoms with Gasteiger partial charge >= 0.3 is 17.9 Å². The number of hydrogen-bond donors (Lipinski definition) is 3. The van der Waals surface area contributed by atoms with E-state index in [9.17, 15) is 14.4 Å². The summed E-state index contributed by atoms with van der Waals surface area (Å²) in [6, 6.07) is 0. The maximum absolute atomic E-state index is 10.1. The molecule has 0 atom stereocenters. The summed E-state index contributed by atoms with van der Waals surface area (Å²) in [7, 11) is 0. The van der Waals surface area contributed by atoms with Gasteiger partial charge in [0.05, 0.1) is 19.6 Å². The van der Waals surface area contributed by atoms with Gasteiger partial charge in [-0.2, -0.15) is 0 Å². The van der Waals surface area contributed by atoms with Crippen LogP contribution in [-0.4, -0.2) is 57.8 Å². The second-order valence-electron chi connectivity index (χ2n) is 2.33. The number of nitrogens with zero attached hydrogens (tertiary/aromatic N) is 1. The first-order valence-corrected chi connectivity index (χ1v) is 3.29. The van der Waals surface area contributed by atoms with Gasteiger partial charge in [0.25, 0.3) is 0 Å². The molecule has 0 unspecified atom stereocenters. The van der Waals surface area contributed by atoms with Gasteiger partial charge in [-0.1, -0.05) is 0 Å². The van der Waals surface area contributed by atoms with E-state index < -0.39 is 37.5 Å². The first-order valence-electron chi connectivity index (χ1n) is 3.29. The molecule has 0 saturated carbocycles. The molecule has 0 heterocycles.